The fourth-order valence-corrected chi connectivity index (χ4v) is 2.90. The molecule has 3 heteroatoms. The second-order valence-corrected chi connectivity index (χ2v) is 6.13. The first-order valence-electron chi connectivity index (χ1n) is 6.82. The summed E-state index contributed by atoms with van der Waals surface area (Å²) in [7, 11) is 1.84. The molecule has 0 saturated carbocycles. The molecule has 1 rings (SSSR count). The number of hydrogen-bond acceptors (Lipinski definition) is 3. The van der Waals surface area contributed by atoms with Crippen molar-refractivity contribution in [2.45, 2.75) is 58.6 Å². The number of nitrogens with one attached hydrogen (secondary N) is 1. The maximum absolute atomic E-state index is 5.92. The van der Waals surface area contributed by atoms with Crippen LogP contribution in [0.15, 0.2) is 0 Å². The molecule has 0 radical (unpaired) electrons. The molecule has 17 heavy (non-hydrogen) atoms. The van der Waals surface area contributed by atoms with Crippen LogP contribution in [0.25, 0.3) is 0 Å². The van der Waals surface area contributed by atoms with Crippen LogP contribution in [0.3, 0.4) is 0 Å². The summed E-state index contributed by atoms with van der Waals surface area (Å²) in [5, 5.41) is 3.69. The smallest absolute Gasteiger partial charge is 0.0879 e. The molecule has 0 aromatic rings. The van der Waals surface area contributed by atoms with E-state index in [9.17, 15) is 0 Å². The van der Waals surface area contributed by atoms with Crippen LogP contribution in [-0.2, 0) is 9.47 Å². The predicted octanol–water partition coefficient (Wildman–Crippen LogP) is 2.60. The molecule has 0 bridgehead atoms. The minimum absolute atomic E-state index is 0.0638. The third-order valence-electron chi connectivity index (χ3n) is 3.74. The van der Waals surface area contributed by atoms with Gasteiger partial charge in [0.25, 0.3) is 0 Å². The third kappa shape index (κ3) is 3.67. The van der Waals surface area contributed by atoms with Gasteiger partial charge >= 0.3 is 0 Å². The van der Waals surface area contributed by atoms with Gasteiger partial charge in [-0.1, -0.05) is 27.7 Å². The van der Waals surface area contributed by atoms with Gasteiger partial charge < -0.3 is 14.8 Å². The highest BCUT2D eigenvalue weighted by Gasteiger charge is 2.45. The molecule has 1 aliphatic heterocycles. The summed E-state index contributed by atoms with van der Waals surface area (Å²) in [4.78, 5) is 0. The van der Waals surface area contributed by atoms with E-state index in [1.165, 1.54) is 0 Å². The van der Waals surface area contributed by atoms with Crippen molar-refractivity contribution in [2.24, 2.45) is 5.41 Å². The van der Waals surface area contributed by atoms with E-state index in [1.54, 1.807) is 0 Å². The Morgan fingerprint density at radius 2 is 1.88 bits per heavy atom. The van der Waals surface area contributed by atoms with E-state index < -0.39 is 0 Å². The van der Waals surface area contributed by atoms with E-state index in [2.05, 4.69) is 33.0 Å². The van der Waals surface area contributed by atoms with Gasteiger partial charge in [0.15, 0.2) is 0 Å². The molecule has 1 saturated heterocycles. The van der Waals surface area contributed by atoms with Crippen LogP contribution in [0.1, 0.15) is 47.0 Å². The summed E-state index contributed by atoms with van der Waals surface area (Å²) in [6, 6.07) is 0.379. The topological polar surface area (TPSA) is 30.5 Å². The molecule has 1 fully saturated rings. The lowest BCUT2D eigenvalue weighted by molar-refractivity contribution is -0.129. The number of hydrogen-bond donors (Lipinski definition) is 1. The second kappa shape index (κ2) is 6.17. The summed E-state index contributed by atoms with van der Waals surface area (Å²) < 4.78 is 11.4. The Hall–Kier alpha value is -0.120. The maximum Gasteiger partial charge on any atom is 0.0879 e. The SMILES string of the molecule is CCCNC(C(C)(C)C)C1(OC)CCOCC1. The standard InChI is InChI=1S/C14H29NO2/c1-6-9-15-12(13(2,3)4)14(16-5)7-10-17-11-8-14/h12,15H,6-11H2,1-5H3. The van der Waals surface area contributed by atoms with Crippen molar-refractivity contribution in [1.29, 1.82) is 0 Å². The van der Waals surface area contributed by atoms with Crippen LogP contribution in [0, 0.1) is 5.41 Å². The molecule has 1 N–H and O–H groups in total. The van der Waals surface area contributed by atoms with Gasteiger partial charge in [-0.2, -0.15) is 0 Å². The summed E-state index contributed by atoms with van der Waals surface area (Å²) in [6.07, 6.45) is 3.13. The first kappa shape index (κ1) is 14.9. The fourth-order valence-electron chi connectivity index (χ4n) is 2.90. The van der Waals surface area contributed by atoms with Crippen LogP contribution in [0.4, 0.5) is 0 Å². The monoisotopic (exact) mass is 243 g/mol. The van der Waals surface area contributed by atoms with E-state index in [0.717, 1.165) is 39.0 Å². The minimum Gasteiger partial charge on any atom is -0.381 e. The van der Waals surface area contributed by atoms with E-state index in [4.69, 9.17) is 9.47 Å². The highest BCUT2D eigenvalue weighted by Crippen LogP contribution is 2.37. The molecule has 0 spiro atoms. The Labute approximate surface area is 106 Å². The Balaban J connectivity index is 2.84. The van der Waals surface area contributed by atoms with Crippen LogP contribution in [-0.4, -0.2) is 38.5 Å². The van der Waals surface area contributed by atoms with Crippen molar-refractivity contribution >= 4 is 0 Å². The van der Waals surface area contributed by atoms with Crippen LogP contribution >= 0.6 is 0 Å². The third-order valence-corrected chi connectivity index (χ3v) is 3.74. The zero-order valence-electron chi connectivity index (χ0n) is 12.1. The van der Waals surface area contributed by atoms with Gasteiger partial charge in [0.05, 0.1) is 5.60 Å². The molecule has 0 aromatic carbocycles. The minimum atomic E-state index is -0.0638. The lowest BCUT2D eigenvalue weighted by atomic mass is 9.72. The summed E-state index contributed by atoms with van der Waals surface area (Å²) in [5.74, 6) is 0. The van der Waals surface area contributed by atoms with Gasteiger partial charge in [0.2, 0.25) is 0 Å². The average molecular weight is 243 g/mol. The molecule has 3 nitrogen and oxygen atoms in total. The summed E-state index contributed by atoms with van der Waals surface area (Å²) in [6.45, 7) is 11.7. The Kier molecular flexibility index (Phi) is 5.42. The molecule has 102 valence electrons. The average Bonchev–Trinajstić information content (AvgIpc) is 2.29. The summed E-state index contributed by atoms with van der Waals surface area (Å²) in [5.41, 5.74) is 0.133. The lowest BCUT2D eigenvalue weighted by Crippen LogP contribution is -2.60. The fraction of sp³-hybridized carbons (Fsp3) is 1.00. The van der Waals surface area contributed by atoms with Crippen molar-refractivity contribution in [3.8, 4) is 0 Å². The molecule has 0 aliphatic carbocycles. The normalized spacial score (nSPS) is 22.4. The number of ether oxygens (including phenoxy) is 2. The molecule has 1 heterocycles. The molecule has 1 aliphatic rings. The lowest BCUT2D eigenvalue weighted by Gasteiger charge is -2.48. The number of methoxy groups -OCH3 is 1. The molecule has 1 atom stereocenters. The van der Waals surface area contributed by atoms with Gasteiger partial charge in [-0.15, -0.1) is 0 Å². The van der Waals surface area contributed by atoms with E-state index in [1.807, 2.05) is 7.11 Å². The zero-order valence-corrected chi connectivity index (χ0v) is 12.1. The van der Waals surface area contributed by atoms with Gasteiger partial charge in [-0.05, 0) is 18.4 Å². The van der Waals surface area contributed by atoms with E-state index in [-0.39, 0.29) is 11.0 Å². The van der Waals surface area contributed by atoms with Crippen molar-refractivity contribution in [3.05, 3.63) is 0 Å². The highest BCUT2D eigenvalue weighted by atomic mass is 16.5. The van der Waals surface area contributed by atoms with Crippen LogP contribution < -0.4 is 5.32 Å². The quantitative estimate of drug-likeness (QED) is 0.805. The molecule has 0 aromatic heterocycles. The second-order valence-electron chi connectivity index (χ2n) is 6.13. The Morgan fingerprint density at radius 3 is 2.29 bits per heavy atom. The Morgan fingerprint density at radius 1 is 1.29 bits per heavy atom. The predicted molar refractivity (Wildman–Crippen MR) is 71.3 cm³/mol. The molecular weight excluding hydrogens is 214 g/mol. The number of rotatable bonds is 5. The molecule has 0 amide bonds. The first-order valence-corrected chi connectivity index (χ1v) is 6.82. The zero-order chi connectivity index (χ0) is 12.9. The summed E-state index contributed by atoms with van der Waals surface area (Å²) >= 11 is 0. The van der Waals surface area contributed by atoms with Gasteiger partial charge in [-0.3, -0.25) is 0 Å². The van der Waals surface area contributed by atoms with Crippen molar-refractivity contribution in [1.82, 2.24) is 5.32 Å². The van der Waals surface area contributed by atoms with Gasteiger partial charge in [0, 0.05) is 39.2 Å². The highest BCUT2D eigenvalue weighted by molar-refractivity contribution is 5.00. The van der Waals surface area contributed by atoms with Gasteiger partial charge in [0.1, 0.15) is 0 Å². The van der Waals surface area contributed by atoms with Crippen molar-refractivity contribution in [2.75, 3.05) is 26.9 Å². The van der Waals surface area contributed by atoms with Crippen molar-refractivity contribution in [3.63, 3.8) is 0 Å². The van der Waals surface area contributed by atoms with E-state index in [0.29, 0.717) is 6.04 Å². The van der Waals surface area contributed by atoms with E-state index >= 15 is 0 Å². The molecular formula is C14H29NO2. The van der Waals surface area contributed by atoms with Crippen LogP contribution in [0.5, 0.6) is 0 Å². The molecule has 1 unspecified atom stereocenters. The maximum atomic E-state index is 5.92. The van der Waals surface area contributed by atoms with Crippen molar-refractivity contribution < 1.29 is 9.47 Å². The van der Waals surface area contributed by atoms with Crippen LogP contribution in [0.2, 0.25) is 0 Å². The first-order chi connectivity index (χ1) is 7.96. The van der Waals surface area contributed by atoms with Gasteiger partial charge in [-0.25, -0.2) is 0 Å². The largest absolute Gasteiger partial charge is 0.381 e. The Bertz CT molecular complexity index is 217.